The Kier molecular flexibility index (Phi) is 5.35. The lowest BCUT2D eigenvalue weighted by atomic mass is 10.1. The van der Waals surface area contributed by atoms with Crippen LogP contribution in [0.15, 0.2) is 24.3 Å². The lowest BCUT2D eigenvalue weighted by Crippen LogP contribution is -2.36. The Labute approximate surface area is 113 Å². The van der Waals surface area contributed by atoms with Crippen LogP contribution in [0.4, 0.5) is 0 Å². The maximum absolute atomic E-state index is 10.1. The molecule has 4 heteroatoms. The van der Waals surface area contributed by atoms with E-state index in [1.54, 1.807) is 7.11 Å². The lowest BCUT2D eigenvalue weighted by Gasteiger charge is -2.24. The van der Waals surface area contributed by atoms with Crippen LogP contribution >= 0.6 is 11.8 Å². The normalized spacial score (nSPS) is 21.6. The third-order valence-electron chi connectivity index (χ3n) is 3.26. The van der Waals surface area contributed by atoms with Crippen LogP contribution in [-0.4, -0.2) is 36.3 Å². The van der Waals surface area contributed by atoms with Crippen LogP contribution in [-0.2, 0) is 0 Å². The highest BCUT2D eigenvalue weighted by Crippen LogP contribution is 2.19. The van der Waals surface area contributed by atoms with Gasteiger partial charge in [-0.2, -0.15) is 11.8 Å². The highest BCUT2D eigenvalue weighted by Gasteiger charge is 2.15. The van der Waals surface area contributed by atoms with E-state index in [4.69, 9.17) is 4.74 Å². The van der Waals surface area contributed by atoms with E-state index in [0.717, 1.165) is 17.1 Å². The summed E-state index contributed by atoms with van der Waals surface area (Å²) in [6.07, 6.45) is 2.06. The van der Waals surface area contributed by atoms with Gasteiger partial charge in [-0.25, -0.2) is 0 Å². The zero-order valence-electron chi connectivity index (χ0n) is 10.8. The molecule has 0 saturated carbocycles. The zero-order chi connectivity index (χ0) is 12.8. The van der Waals surface area contributed by atoms with E-state index in [0.29, 0.717) is 12.6 Å². The second-order valence-electron chi connectivity index (χ2n) is 4.61. The molecule has 1 heterocycles. The minimum Gasteiger partial charge on any atom is -0.497 e. The van der Waals surface area contributed by atoms with Gasteiger partial charge >= 0.3 is 0 Å². The first kappa shape index (κ1) is 13.7. The molecule has 100 valence electrons. The van der Waals surface area contributed by atoms with Gasteiger partial charge in [-0.15, -0.1) is 0 Å². The van der Waals surface area contributed by atoms with Gasteiger partial charge in [0.2, 0.25) is 0 Å². The van der Waals surface area contributed by atoms with Crippen molar-refractivity contribution >= 4 is 11.8 Å². The van der Waals surface area contributed by atoms with E-state index in [1.807, 2.05) is 36.0 Å². The van der Waals surface area contributed by atoms with Gasteiger partial charge in [0, 0.05) is 18.3 Å². The van der Waals surface area contributed by atoms with E-state index < -0.39 is 6.10 Å². The smallest absolute Gasteiger partial charge is 0.118 e. The number of rotatable bonds is 5. The topological polar surface area (TPSA) is 41.5 Å². The van der Waals surface area contributed by atoms with E-state index in [-0.39, 0.29) is 0 Å². The number of aliphatic hydroxyl groups excluding tert-OH is 1. The number of aliphatic hydroxyl groups is 1. The Morgan fingerprint density at radius 3 is 2.83 bits per heavy atom. The predicted octanol–water partition coefficient (Wildman–Crippen LogP) is 2.21. The summed E-state index contributed by atoms with van der Waals surface area (Å²) < 4.78 is 5.10. The van der Waals surface area contributed by atoms with Gasteiger partial charge in [-0.3, -0.25) is 0 Å². The lowest BCUT2D eigenvalue weighted by molar-refractivity contribution is 0.170. The summed E-state index contributed by atoms with van der Waals surface area (Å²) in [6.45, 7) is 0.623. The monoisotopic (exact) mass is 267 g/mol. The maximum atomic E-state index is 10.1. The van der Waals surface area contributed by atoms with Gasteiger partial charge in [0.15, 0.2) is 0 Å². The SMILES string of the molecule is COc1ccc(C(O)CNC2CCCSC2)cc1. The molecule has 3 nitrogen and oxygen atoms in total. The van der Waals surface area contributed by atoms with Gasteiger partial charge in [0.25, 0.3) is 0 Å². The largest absolute Gasteiger partial charge is 0.497 e. The van der Waals surface area contributed by atoms with Crippen LogP contribution < -0.4 is 10.1 Å². The van der Waals surface area contributed by atoms with Gasteiger partial charge in [-0.05, 0) is 36.3 Å². The Morgan fingerprint density at radius 2 is 2.22 bits per heavy atom. The molecule has 18 heavy (non-hydrogen) atoms. The molecular weight excluding hydrogens is 246 g/mol. The molecule has 0 amide bonds. The summed E-state index contributed by atoms with van der Waals surface area (Å²) >= 11 is 1.99. The molecule has 1 saturated heterocycles. The van der Waals surface area contributed by atoms with E-state index in [9.17, 15) is 5.11 Å². The van der Waals surface area contributed by atoms with Crippen LogP contribution in [0.2, 0.25) is 0 Å². The number of hydrogen-bond donors (Lipinski definition) is 2. The summed E-state index contributed by atoms with van der Waals surface area (Å²) in [5.41, 5.74) is 0.937. The average Bonchev–Trinajstić information content (AvgIpc) is 2.46. The van der Waals surface area contributed by atoms with Gasteiger partial charge in [-0.1, -0.05) is 12.1 Å². The molecule has 2 unspecified atom stereocenters. The van der Waals surface area contributed by atoms with Crippen molar-refractivity contribution in [2.75, 3.05) is 25.2 Å². The Morgan fingerprint density at radius 1 is 1.44 bits per heavy atom. The van der Waals surface area contributed by atoms with Crippen LogP contribution in [0, 0.1) is 0 Å². The van der Waals surface area contributed by atoms with Crippen molar-refractivity contribution in [1.82, 2.24) is 5.32 Å². The Bertz CT molecular complexity index is 349. The van der Waals surface area contributed by atoms with Crippen molar-refractivity contribution in [1.29, 1.82) is 0 Å². The summed E-state index contributed by atoms with van der Waals surface area (Å²) in [6, 6.07) is 8.16. The fraction of sp³-hybridized carbons (Fsp3) is 0.571. The number of ether oxygens (including phenoxy) is 1. The molecule has 0 radical (unpaired) electrons. The molecular formula is C14H21NO2S. The van der Waals surface area contributed by atoms with Crippen molar-refractivity contribution in [2.45, 2.75) is 25.0 Å². The molecule has 0 bridgehead atoms. The van der Waals surface area contributed by atoms with Crippen molar-refractivity contribution in [3.8, 4) is 5.75 Å². The molecule has 0 aromatic heterocycles. The molecule has 0 spiro atoms. The highest BCUT2D eigenvalue weighted by atomic mass is 32.2. The van der Waals surface area contributed by atoms with Crippen LogP contribution in [0.3, 0.4) is 0 Å². The minimum absolute atomic E-state index is 0.442. The standard InChI is InChI=1S/C14H21NO2S/c1-17-13-6-4-11(5-7-13)14(16)9-15-12-3-2-8-18-10-12/h4-7,12,14-16H,2-3,8-10H2,1H3. The van der Waals surface area contributed by atoms with E-state index >= 15 is 0 Å². The van der Waals surface area contributed by atoms with Crippen molar-refractivity contribution < 1.29 is 9.84 Å². The molecule has 1 aromatic carbocycles. The number of hydrogen-bond acceptors (Lipinski definition) is 4. The Balaban J connectivity index is 1.80. The number of benzene rings is 1. The van der Waals surface area contributed by atoms with E-state index in [1.165, 1.54) is 18.6 Å². The summed E-state index contributed by atoms with van der Waals surface area (Å²) in [5, 5.41) is 13.6. The second-order valence-corrected chi connectivity index (χ2v) is 5.76. The van der Waals surface area contributed by atoms with Gasteiger partial charge in [0.1, 0.15) is 5.75 Å². The quantitative estimate of drug-likeness (QED) is 0.858. The zero-order valence-corrected chi connectivity index (χ0v) is 11.6. The average molecular weight is 267 g/mol. The van der Waals surface area contributed by atoms with E-state index in [2.05, 4.69) is 5.32 Å². The molecule has 1 fully saturated rings. The van der Waals surface area contributed by atoms with Crippen molar-refractivity contribution in [3.63, 3.8) is 0 Å². The minimum atomic E-state index is -0.442. The van der Waals surface area contributed by atoms with Crippen LogP contribution in [0.5, 0.6) is 5.75 Å². The fourth-order valence-electron chi connectivity index (χ4n) is 2.12. The summed E-state index contributed by atoms with van der Waals surface area (Å²) in [7, 11) is 1.65. The van der Waals surface area contributed by atoms with Crippen LogP contribution in [0.25, 0.3) is 0 Å². The van der Waals surface area contributed by atoms with Gasteiger partial charge < -0.3 is 15.2 Å². The maximum Gasteiger partial charge on any atom is 0.118 e. The molecule has 1 aromatic rings. The van der Waals surface area contributed by atoms with Gasteiger partial charge in [0.05, 0.1) is 13.2 Å². The first-order chi connectivity index (χ1) is 8.79. The van der Waals surface area contributed by atoms with Crippen LogP contribution in [0.1, 0.15) is 24.5 Å². The molecule has 2 atom stereocenters. The molecule has 0 aliphatic carbocycles. The Hall–Kier alpha value is -0.710. The number of methoxy groups -OCH3 is 1. The van der Waals surface area contributed by atoms with Crippen molar-refractivity contribution in [3.05, 3.63) is 29.8 Å². The third-order valence-corrected chi connectivity index (χ3v) is 4.48. The molecule has 2 N–H and O–H groups in total. The fourth-order valence-corrected chi connectivity index (χ4v) is 3.23. The van der Waals surface area contributed by atoms with Crippen molar-refractivity contribution in [2.24, 2.45) is 0 Å². The second kappa shape index (κ2) is 7.02. The number of thioether (sulfide) groups is 1. The molecule has 1 aliphatic heterocycles. The first-order valence-corrected chi connectivity index (χ1v) is 7.58. The summed E-state index contributed by atoms with van der Waals surface area (Å²) in [5.74, 6) is 3.26. The first-order valence-electron chi connectivity index (χ1n) is 6.42. The molecule has 2 rings (SSSR count). The molecule has 1 aliphatic rings. The third kappa shape index (κ3) is 3.90. The summed E-state index contributed by atoms with van der Waals surface area (Å²) in [4.78, 5) is 0. The predicted molar refractivity (Wildman–Crippen MR) is 76.3 cm³/mol. The number of nitrogens with one attached hydrogen (secondary N) is 1. The highest BCUT2D eigenvalue weighted by molar-refractivity contribution is 7.99.